The average Bonchev–Trinajstić information content (AvgIpc) is 2.81. The second-order valence-corrected chi connectivity index (χ2v) is 4.05. The van der Waals surface area contributed by atoms with Crippen molar-refractivity contribution in [1.82, 2.24) is 9.36 Å². The predicted molar refractivity (Wildman–Crippen MR) is 52.5 cm³/mol. The summed E-state index contributed by atoms with van der Waals surface area (Å²) >= 11 is 1.32. The van der Waals surface area contributed by atoms with E-state index in [4.69, 9.17) is 5.11 Å². The second-order valence-electron chi connectivity index (χ2n) is 3.29. The number of hydrogen-bond acceptors (Lipinski definition) is 5. The summed E-state index contributed by atoms with van der Waals surface area (Å²) in [6.45, 7) is 0.537. The van der Waals surface area contributed by atoms with Gasteiger partial charge in [0.05, 0.1) is 6.42 Å². The number of carboxylic acid groups (broad SMARTS) is 1. The topological polar surface area (TPSA) is 66.3 Å². The molecule has 1 aliphatic rings. The van der Waals surface area contributed by atoms with E-state index in [9.17, 15) is 4.79 Å². The van der Waals surface area contributed by atoms with Gasteiger partial charge in [-0.15, -0.1) is 0 Å². The Bertz CT molecular complexity index is 310. The third-order valence-corrected chi connectivity index (χ3v) is 2.85. The van der Waals surface area contributed by atoms with E-state index >= 15 is 0 Å². The van der Waals surface area contributed by atoms with E-state index < -0.39 is 5.97 Å². The molecule has 0 aliphatic heterocycles. The molecule has 2 rings (SSSR count). The Morgan fingerprint density at radius 3 is 3.00 bits per heavy atom. The van der Waals surface area contributed by atoms with Gasteiger partial charge in [-0.25, -0.2) is 4.98 Å². The fourth-order valence-corrected chi connectivity index (χ4v) is 1.96. The highest BCUT2D eigenvalue weighted by Crippen LogP contribution is 2.31. The minimum atomic E-state index is -0.764. The van der Waals surface area contributed by atoms with Crippen molar-refractivity contribution >= 4 is 22.6 Å². The van der Waals surface area contributed by atoms with Crippen molar-refractivity contribution in [1.29, 1.82) is 0 Å². The number of aliphatic carboxylic acids is 1. The quantitative estimate of drug-likeness (QED) is 0.789. The van der Waals surface area contributed by atoms with Crippen molar-refractivity contribution in [3.05, 3.63) is 6.33 Å². The van der Waals surface area contributed by atoms with Gasteiger partial charge in [0, 0.05) is 24.1 Å². The molecule has 1 aromatic heterocycles. The molecule has 0 radical (unpaired) electrons. The van der Waals surface area contributed by atoms with Gasteiger partial charge in [0.25, 0.3) is 0 Å². The monoisotopic (exact) mass is 213 g/mol. The van der Waals surface area contributed by atoms with Gasteiger partial charge < -0.3 is 10.0 Å². The first-order valence-corrected chi connectivity index (χ1v) is 5.30. The normalized spacial score (nSPS) is 15.4. The van der Waals surface area contributed by atoms with Crippen LogP contribution in [-0.2, 0) is 4.79 Å². The molecule has 1 aliphatic carbocycles. The third kappa shape index (κ3) is 2.20. The minimum absolute atomic E-state index is 0.163. The van der Waals surface area contributed by atoms with Gasteiger partial charge in [-0.2, -0.15) is 4.37 Å². The maximum Gasteiger partial charge on any atom is 0.305 e. The molecule has 0 aromatic carbocycles. The number of anilines is 1. The zero-order valence-electron chi connectivity index (χ0n) is 7.59. The van der Waals surface area contributed by atoms with Crippen LogP contribution >= 0.6 is 11.5 Å². The minimum Gasteiger partial charge on any atom is -0.481 e. The van der Waals surface area contributed by atoms with Crippen LogP contribution < -0.4 is 4.90 Å². The lowest BCUT2D eigenvalue weighted by Gasteiger charge is -2.19. The van der Waals surface area contributed by atoms with Crippen molar-refractivity contribution in [2.24, 2.45) is 0 Å². The van der Waals surface area contributed by atoms with Gasteiger partial charge in [0.1, 0.15) is 6.33 Å². The summed E-state index contributed by atoms with van der Waals surface area (Å²) in [5, 5.41) is 9.44. The Labute approximate surface area is 85.6 Å². The molecule has 0 unspecified atom stereocenters. The molecule has 0 spiro atoms. The van der Waals surface area contributed by atoms with Crippen LogP contribution in [0.5, 0.6) is 0 Å². The third-order valence-electron chi connectivity index (χ3n) is 2.15. The van der Waals surface area contributed by atoms with E-state index in [1.54, 1.807) is 0 Å². The molecule has 14 heavy (non-hydrogen) atoms. The molecule has 1 fully saturated rings. The van der Waals surface area contributed by atoms with Gasteiger partial charge in [0.2, 0.25) is 5.13 Å². The van der Waals surface area contributed by atoms with Gasteiger partial charge in [0.15, 0.2) is 0 Å². The Hall–Kier alpha value is -1.17. The Morgan fingerprint density at radius 2 is 2.50 bits per heavy atom. The molecule has 1 heterocycles. The van der Waals surface area contributed by atoms with Crippen molar-refractivity contribution in [3.63, 3.8) is 0 Å². The van der Waals surface area contributed by atoms with Gasteiger partial charge in [-0.1, -0.05) is 0 Å². The summed E-state index contributed by atoms with van der Waals surface area (Å²) in [5.41, 5.74) is 0. The van der Waals surface area contributed by atoms with Crippen LogP contribution in [0.1, 0.15) is 19.3 Å². The summed E-state index contributed by atoms with van der Waals surface area (Å²) in [5.74, 6) is -0.764. The largest absolute Gasteiger partial charge is 0.481 e. The number of aromatic nitrogens is 2. The second kappa shape index (κ2) is 3.91. The van der Waals surface area contributed by atoms with Crippen LogP contribution in [0.15, 0.2) is 6.33 Å². The van der Waals surface area contributed by atoms with E-state index in [2.05, 4.69) is 9.36 Å². The first-order valence-electron chi connectivity index (χ1n) is 4.52. The molecule has 6 heteroatoms. The summed E-state index contributed by atoms with van der Waals surface area (Å²) in [4.78, 5) is 16.6. The zero-order chi connectivity index (χ0) is 9.97. The van der Waals surface area contributed by atoms with Crippen LogP contribution in [-0.4, -0.2) is 33.0 Å². The number of carboxylic acids is 1. The maximum atomic E-state index is 10.5. The molecule has 0 amide bonds. The molecule has 0 saturated heterocycles. The number of nitrogens with zero attached hydrogens (tertiary/aromatic N) is 3. The van der Waals surface area contributed by atoms with Crippen molar-refractivity contribution in [2.45, 2.75) is 25.3 Å². The van der Waals surface area contributed by atoms with E-state index in [0.29, 0.717) is 12.6 Å². The van der Waals surface area contributed by atoms with E-state index in [1.165, 1.54) is 17.9 Å². The molecule has 76 valence electrons. The number of carbonyl (C=O) groups is 1. The van der Waals surface area contributed by atoms with Gasteiger partial charge in [-0.05, 0) is 12.8 Å². The summed E-state index contributed by atoms with van der Waals surface area (Å²) in [6.07, 6.45) is 3.95. The zero-order valence-corrected chi connectivity index (χ0v) is 8.40. The highest BCUT2D eigenvalue weighted by Gasteiger charge is 2.30. The molecular formula is C8H11N3O2S. The predicted octanol–water partition coefficient (Wildman–Crippen LogP) is 0.982. The lowest BCUT2D eigenvalue weighted by Crippen LogP contribution is -2.28. The van der Waals surface area contributed by atoms with Crippen LogP contribution in [0.2, 0.25) is 0 Å². The molecule has 0 atom stereocenters. The molecular weight excluding hydrogens is 202 g/mol. The molecule has 1 saturated carbocycles. The van der Waals surface area contributed by atoms with Gasteiger partial charge in [-0.3, -0.25) is 4.79 Å². The highest BCUT2D eigenvalue weighted by atomic mass is 32.1. The molecule has 0 bridgehead atoms. The van der Waals surface area contributed by atoms with Crippen molar-refractivity contribution in [2.75, 3.05) is 11.4 Å². The van der Waals surface area contributed by atoms with E-state index in [0.717, 1.165) is 18.0 Å². The lowest BCUT2D eigenvalue weighted by molar-refractivity contribution is -0.136. The van der Waals surface area contributed by atoms with Crippen LogP contribution in [0.25, 0.3) is 0 Å². The number of hydrogen-bond donors (Lipinski definition) is 1. The molecule has 5 nitrogen and oxygen atoms in total. The van der Waals surface area contributed by atoms with Crippen LogP contribution in [0, 0.1) is 0 Å². The number of rotatable bonds is 5. The standard InChI is InChI=1S/C8H11N3O2S/c12-7(13)3-4-11(6-1-2-6)8-9-5-10-14-8/h5-6H,1-4H2,(H,12,13). The van der Waals surface area contributed by atoms with E-state index in [-0.39, 0.29) is 6.42 Å². The van der Waals surface area contributed by atoms with E-state index in [1.807, 2.05) is 4.90 Å². The summed E-state index contributed by atoms with van der Waals surface area (Å²) < 4.78 is 3.92. The molecule has 1 aromatic rings. The Morgan fingerprint density at radius 1 is 1.71 bits per heavy atom. The average molecular weight is 213 g/mol. The Kier molecular flexibility index (Phi) is 2.62. The fraction of sp³-hybridized carbons (Fsp3) is 0.625. The first-order chi connectivity index (χ1) is 6.77. The maximum absolute atomic E-state index is 10.5. The lowest BCUT2D eigenvalue weighted by atomic mass is 10.4. The fourth-order valence-electron chi connectivity index (χ4n) is 1.33. The summed E-state index contributed by atoms with van der Waals surface area (Å²) in [7, 11) is 0. The first kappa shape index (κ1) is 9.39. The van der Waals surface area contributed by atoms with Gasteiger partial charge >= 0.3 is 5.97 Å². The van der Waals surface area contributed by atoms with Crippen molar-refractivity contribution < 1.29 is 9.90 Å². The summed E-state index contributed by atoms with van der Waals surface area (Å²) in [6, 6.07) is 0.488. The molecule has 1 N–H and O–H groups in total. The SMILES string of the molecule is O=C(O)CCN(c1ncns1)C1CC1. The van der Waals surface area contributed by atoms with Crippen LogP contribution in [0.4, 0.5) is 5.13 Å². The highest BCUT2D eigenvalue weighted by molar-refractivity contribution is 7.09. The van der Waals surface area contributed by atoms with Crippen molar-refractivity contribution in [3.8, 4) is 0 Å². The smallest absolute Gasteiger partial charge is 0.305 e. The van der Waals surface area contributed by atoms with Crippen LogP contribution in [0.3, 0.4) is 0 Å². The Balaban J connectivity index is 1.97.